The van der Waals surface area contributed by atoms with Crippen molar-refractivity contribution in [2.45, 2.75) is 6.18 Å². The van der Waals surface area contributed by atoms with Gasteiger partial charge in [0.15, 0.2) is 5.11 Å². The van der Waals surface area contributed by atoms with E-state index in [1.165, 1.54) is 24.4 Å². The van der Waals surface area contributed by atoms with E-state index in [2.05, 4.69) is 15.8 Å². The van der Waals surface area contributed by atoms with Gasteiger partial charge in [-0.25, -0.2) is 4.39 Å². The zero-order valence-corrected chi connectivity index (χ0v) is 14.4. The Labute approximate surface area is 152 Å². The van der Waals surface area contributed by atoms with Gasteiger partial charge in [0, 0.05) is 19.2 Å². The Balaban J connectivity index is 2.04. The van der Waals surface area contributed by atoms with Crippen molar-refractivity contribution in [2.75, 3.05) is 20.3 Å². The third-order valence-electron chi connectivity index (χ3n) is 3.13. The minimum Gasteiger partial charge on any atom is -0.455 e. The predicted molar refractivity (Wildman–Crippen MR) is 92.3 cm³/mol. The first-order valence-corrected chi connectivity index (χ1v) is 7.75. The molecule has 140 valence electrons. The summed E-state index contributed by atoms with van der Waals surface area (Å²) in [6.45, 7) is 0.986. The normalized spacial score (nSPS) is 11.7. The smallest absolute Gasteiger partial charge is 0.419 e. The largest absolute Gasteiger partial charge is 0.455 e. The molecule has 0 fully saturated rings. The molecular formula is C16H15F4N3O2S. The topological polar surface area (TPSA) is 58.8 Å². The number of hydrogen-bond donors (Lipinski definition) is 2. The lowest BCUT2D eigenvalue weighted by molar-refractivity contribution is -0.139. The van der Waals surface area contributed by atoms with Gasteiger partial charge >= 0.3 is 6.18 Å². The number of nitrogens with zero attached hydrogens (tertiary/aromatic N) is 1. The first kappa shape index (κ1) is 19.9. The maximum atomic E-state index is 13.3. The molecule has 5 nitrogen and oxygen atoms in total. The number of benzene rings is 1. The zero-order valence-electron chi connectivity index (χ0n) is 13.6. The van der Waals surface area contributed by atoms with Crippen molar-refractivity contribution in [1.29, 1.82) is 0 Å². The summed E-state index contributed by atoms with van der Waals surface area (Å²) in [4.78, 5) is 0. The van der Waals surface area contributed by atoms with Crippen molar-refractivity contribution in [3.05, 3.63) is 47.5 Å². The Hall–Kier alpha value is -2.46. The summed E-state index contributed by atoms with van der Waals surface area (Å²) in [7, 11) is 1.56. The average Bonchev–Trinajstić information content (AvgIpc) is 3.03. The third-order valence-corrected chi connectivity index (χ3v) is 3.37. The van der Waals surface area contributed by atoms with Crippen LogP contribution in [0, 0.1) is 5.82 Å². The molecule has 1 aromatic carbocycles. The Bertz CT molecular complexity index is 790. The fourth-order valence-electron chi connectivity index (χ4n) is 1.93. The van der Waals surface area contributed by atoms with E-state index < -0.39 is 17.6 Å². The Kier molecular flexibility index (Phi) is 6.70. The molecule has 2 N–H and O–H groups in total. The number of rotatable bonds is 6. The van der Waals surface area contributed by atoms with Gasteiger partial charge in [0.25, 0.3) is 0 Å². The number of thiocarbonyl (C=S) groups is 1. The monoisotopic (exact) mass is 389 g/mol. The quantitative estimate of drug-likeness (QED) is 0.260. The van der Waals surface area contributed by atoms with Crippen molar-refractivity contribution in [3.8, 4) is 11.3 Å². The molecule has 0 unspecified atom stereocenters. The second kappa shape index (κ2) is 8.77. The standard InChI is InChI=1S/C16H15F4N3O2S/c1-24-7-6-21-15(26)23-22-9-11-3-5-14(25-11)10-2-4-13(17)12(8-10)16(18,19)20/h2-5,8-9H,6-7H2,1H3,(H2,21,23,26)/b22-9+. The summed E-state index contributed by atoms with van der Waals surface area (Å²) in [5.74, 6) is -0.906. The van der Waals surface area contributed by atoms with Crippen molar-refractivity contribution in [3.63, 3.8) is 0 Å². The lowest BCUT2D eigenvalue weighted by atomic mass is 10.1. The number of ether oxygens (including phenoxy) is 1. The summed E-state index contributed by atoms with van der Waals surface area (Å²) in [5, 5.41) is 6.96. The molecule has 0 radical (unpaired) electrons. The van der Waals surface area contributed by atoms with E-state index in [-0.39, 0.29) is 22.2 Å². The second-order valence-electron chi connectivity index (χ2n) is 5.01. The van der Waals surface area contributed by atoms with E-state index in [0.29, 0.717) is 19.2 Å². The van der Waals surface area contributed by atoms with Gasteiger partial charge in [-0.2, -0.15) is 18.3 Å². The molecule has 2 aromatic rings. The number of halogens is 4. The highest BCUT2D eigenvalue weighted by molar-refractivity contribution is 7.80. The van der Waals surface area contributed by atoms with Gasteiger partial charge in [0.1, 0.15) is 17.3 Å². The summed E-state index contributed by atoms with van der Waals surface area (Å²) in [5.41, 5.74) is 1.30. The predicted octanol–water partition coefficient (Wildman–Crippen LogP) is 3.55. The van der Waals surface area contributed by atoms with Gasteiger partial charge in [0.05, 0.1) is 18.4 Å². The van der Waals surface area contributed by atoms with Crippen molar-refractivity contribution in [2.24, 2.45) is 5.10 Å². The van der Waals surface area contributed by atoms with E-state index in [1.54, 1.807) is 7.11 Å². The SMILES string of the molecule is COCCNC(=S)N/N=C/c1ccc(-c2ccc(F)c(C(F)(F)F)c2)o1. The van der Waals surface area contributed by atoms with E-state index >= 15 is 0 Å². The highest BCUT2D eigenvalue weighted by atomic mass is 32.1. The van der Waals surface area contributed by atoms with Crippen LogP contribution in [-0.2, 0) is 10.9 Å². The molecular weight excluding hydrogens is 374 g/mol. The number of methoxy groups -OCH3 is 1. The first-order valence-electron chi connectivity index (χ1n) is 7.34. The minimum atomic E-state index is -4.79. The van der Waals surface area contributed by atoms with Crippen molar-refractivity contribution >= 4 is 23.5 Å². The minimum absolute atomic E-state index is 0.100. The van der Waals surface area contributed by atoms with E-state index in [4.69, 9.17) is 21.4 Å². The highest BCUT2D eigenvalue weighted by Gasteiger charge is 2.34. The van der Waals surface area contributed by atoms with E-state index in [9.17, 15) is 17.6 Å². The van der Waals surface area contributed by atoms with Gasteiger partial charge in [-0.05, 0) is 42.5 Å². The molecule has 0 saturated carbocycles. The van der Waals surface area contributed by atoms with Crippen molar-refractivity contribution < 1.29 is 26.7 Å². The number of hydrogen-bond acceptors (Lipinski definition) is 4. The average molecular weight is 389 g/mol. The van der Waals surface area contributed by atoms with Crippen LogP contribution in [0.3, 0.4) is 0 Å². The summed E-state index contributed by atoms with van der Waals surface area (Å²) >= 11 is 4.96. The van der Waals surface area contributed by atoms with Crippen LogP contribution in [0.2, 0.25) is 0 Å². The molecule has 26 heavy (non-hydrogen) atoms. The zero-order chi connectivity index (χ0) is 19.2. The molecule has 0 aliphatic carbocycles. The summed E-state index contributed by atoms with van der Waals surface area (Å²) in [6.07, 6.45) is -3.48. The van der Waals surface area contributed by atoms with Crippen LogP contribution in [0.5, 0.6) is 0 Å². The third kappa shape index (κ3) is 5.53. The highest BCUT2D eigenvalue weighted by Crippen LogP contribution is 2.34. The van der Waals surface area contributed by atoms with Crippen LogP contribution in [0.25, 0.3) is 11.3 Å². The Morgan fingerprint density at radius 2 is 2.08 bits per heavy atom. The molecule has 0 atom stereocenters. The molecule has 2 rings (SSSR count). The summed E-state index contributed by atoms with van der Waals surface area (Å²) in [6, 6.07) is 5.63. The number of hydrazone groups is 1. The van der Waals surface area contributed by atoms with Gasteiger partial charge in [0.2, 0.25) is 0 Å². The van der Waals surface area contributed by atoms with Gasteiger partial charge in [-0.15, -0.1) is 0 Å². The molecule has 0 aliphatic heterocycles. The number of alkyl halides is 3. The maximum absolute atomic E-state index is 13.3. The lowest BCUT2D eigenvalue weighted by Gasteiger charge is -2.08. The molecule has 10 heteroatoms. The molecule has 1 heterocycles. The van der Waals surface area contributed by atoms with Gasteiger partial charge < -0.3 is 14.5 Å². The summed E-state index contributed by atoms with van der Waals surface area (Å²) < 4.78 is 61.9. The molecule has 0 amide bonds. The fourth-order valence-corrected chi connectivity index (χ4v) is 2.09. The number of furan rings is 1. The Morgan fingerprint density at radius 1 is 1.31 bits per heavy atom. The Morgan fingerprint density at radius 3 is 2.77 bits per heavy atom. The number of nitrogens with one attached hydrogen (secondary N) is 2. The first-order chi connectivity index (χ1) is 12.3. The molecule has 0 spiro atoms. The lowest BCUT2D eigenvalue weighted by Crippen LogP contribution is -2.34. The van der Waals surface area contributed by atoms with Crippen LogP contribution < -0.4 is 10.7 Å². The van der Waals surface area contributed by atoms with E-state index in [0.717, 1.165) is 6.07 Å². The van der Waals surface area contributed by atoms with Crippen molar-refractivity contribution in [1.82, 2.24) is 10.7 Å². The van der Waals surface area contributed by atoms with Gasteiger partial charge in [-0.1, -0.05) is 0 Å². The fraction of sp³-hybridized carbons (Fsp3) is 0.250. The van der Waals surface area contributed by atoms with E-state index in [1.807, 2.05) is 0 Å². The van der Waals surface area contributed by atoms with Crippen LogP contribution in [0.4, 0.5) is 17.6 Å². The molecule has 0 saturated heterocycles. The second-order valence-corrected chi connectivity index (χ2v) is 5.42. The van der Waals surface area contributed by atoms with Crippen LogP contribution in [0.15, 0.2) is 39.9 Å². The van der Waals surface area contributed by atoms with Gasteiger partial charge in [-0.3, -0.25) is 5.43 Å². The molecule has 0 bridgehead atoms. The molecule has 0 aliphatic rings. The molecule has 1 aromatic heterocycles. The van der Waals surface area contributed by atoms with Crippen LogP contribution in [0.1, 0.15) is 11.3 Å². The van der Waals surface area contributed by atoms with Crippen LogP contribution >= 0.6 is 12.2 Å². The maximum Gasteiger partial charge on any atom is 0.419 e. The van der Waals surface area contributed by atoms with Crippen LogP contribution in [-0.4, -0.2) is 31.6 Å².